The number of hydrogen-bond acceptors (Lipinski definition) is 7. The Bertz CT molecular complexity index is 1330. The summed E-state index contributed by atoms with van der Waals surface area (Å²) in [6, 6.07) is 3.84. The number of nitrogens with zero attached hydrogens (tertiary/aromatic N) is 6. The van der Waals surface area contributed by atoms with E-state index in [2.05, 4.69) is 44.8 Å². The monoisotopic (exact) mass is 505 g/mol. The quantitative estimate of drug-likeness (QED) is 0.433. The third kappa shape index (κ3) is 5.17. The van der Waals surface area contributed by atoms with Gasteiger partial charge in [0.25, 0.3) is 0 Å². The van der Waals surface area contributed by atoms with E-state index in [0.29, 0.717) is 41.4 Å². The number of aromatic nitrogens is 5. The molecule has 0 unspecified atom stereocenters. The van der Waals surface area contributed by atoms with Gasteiger partial charge in [-0.25, -0.2) is 14.4 Å². The molecule has 8 nitrogen and oxygen atoms in total. The number of aliphatic hydroxyl groups is 1. The maximum absolute atomic E-state index is 14.6. The molecule has 0 bridgehead atoms. The van der Waals surface area contributed by atoms with Gasteiger partial charge in [-0.2, -0.15) is 15.2 Å². The molecule has 196 valence electrons. The molecule has 0 amide bonds. The third-order valence-electron chi connectivity index (χ3n) is 8.24. The zero-order valence-corrected chi connectivity index (χ0v) is 22.1. The topological polar surface area (TPSA) is 113 Å². The Hall–Kier alpha value is -3.12. The van der Waals surface area contributed by atoms with E-state index in [4.69, 9.17) is 4.98 Å². The zero-order valence-electron chi connectivity index (χ0n) is 22.1. The Labute approximate surface area is 217 Å². The smallest absolute Gasteiger partial charge is 0.236 e. The van der Waals surface area contributed by atoms with Gasteiger partial charge in [0.1, 0.15) is 23.1 Å². The number of pyridine rings is 1. The summed E-state index contributed by atoms with van der Waals surface area (Å²) >= 11 is 0. The average molecular weight is 506 g/mol. The van der Waals surface area contributed by atoms with Crippen LogP contribution in [-0.2, 0) is 12.1 Å². The molecular weight excluding hydrogens is 469 g/mol. The van der Waals surface area contributed by atoms with Crippen LogP contribution in [0.5, 0.6) is 0 Å². The summed E-state index contributed by atoms with van der Waals surface area (Å²) in [6.45, 7) is 8.27. The van der Waals surface area contributed by atoms with E-state index in [1.807, 2.05) is 0 Å². The first-order valence-electron chi connectivity index (χ1n) is 13.5. The van der Waals surface area contributed by atoms with Crippen molar-refractivity contribution in [3.63, 3.8) is 0 Å². The molecule has 3 heterocycles. The number of nitrogens with one attached hydrogen (secondary N) is 1. The van der Waals surface area contributed by atoms with Crippen LogP contribution < -0.4 is 5.32 Å². The lowest BCUT2D eigenvalue weighted by Gasteiger charge is -2.32. The molecule has 9 heteroatoms. The van der Waals surface area contributed by atoms with E-state index >= 15 is 0 Å². The third-order valence-corrected chi connectivity index (χ3v) is 8.24. The molecule has 2 N–H and O–H groups in total. The summed E-state index contributed by atoms with van der Waals surface area (Å²) in [4.78, 5) is 18.2. The SMILES string of the molecule is CC1CCC(Cn2c(-c3cc(C(C)(C)O)c(F)cn3)nc3nc(C#N)nc(N[C@H](C)C4CCC4)c32)CC1. The maximum atomic E-state index is 14.6. The van der Waals surface area contributed by atoms with Crippen molar-refractivity contribution in [3.05, 3.63) is 29.5 Å². The van der Waals surface area contributed by atoms with Crippen LogP contribution in [0.3, 0.4) is 0 Å². The van der Waals surface area contributed by atoms with Crippen molar-refractivity contribution in [2.45, 2.75) is 90.8 Å². The molecule has 2 aliphatic rings. The molecular formula is C28H36FN7O. The highest BCUT2D eigenvalue weighted by molar-refractivity contribution is 5.87. The standard InChI is InChI=1S/C28H36FN7O/c1-16-8-10-18(11-9-16)15-36-24-25(32-17(2)19-6-5-7-19)33-23(13-30)34-26(24)35-27(36)22-12-20(28(3,4)37)21(29)14-31-22/h12,14,16-19,37H,5-11,15H2,1-4H3,(H,32,33,34)/t16?,17-,18?/m1/s1. The molecule has 3 aromatic rings. The minimum Gasteiger partial charge on any atom is -0.386 e. The van der Waals surface area contributed by atoms with E-state index < -0.39 is 11.4 Å². The van der Waals surface area contributed by atoms with Gasteiger partial charge in [0, 0.05) is 18.2 Å². The fourth-order valence-electron chi connectivity index (χ4n) is 5.63. The molecule has 2 aliphatic carbocycles. The molecule has 0 aromatic carbocycles. The Morgan fingerprint density at radius 3 is 2.54 bits per heavy atom. The molecule has 1 atom stereocenters. The van der Waals surface area contributed by atoms with Crippen LogP contribution in [0.2, 0.25) is 0 Å². The van der Waals surface area contributed by atoms with Gasteiger partial charge in [0.2, 0.25) is 5.82 Å². The molecule has 0 saturated heterocycles. The minimum atomic E-state index is -1.38. The Kier molecular flexibility index (Phi) is 6.88. The molecule has 2 saturated carbocycles. The number of rotatable bonds is 7. The predicted octanol–water partition coefficient (Wildman–Crippen LogP) is 5.55. The summed E-state index contributed by atoms with van der Waals surface area (Å²) in [7, 11) is 0. The first-order valence-corrected chi connectivity index (χ1v) is 13.5. The van der Waals surface area contributed by atoms with Crippen LogP contribution >= 0.6 is 0 Å². The van der Waals surface area contributed by atoms with Gasteiger partial charge < -0.3 is 15.0 Å². The van der Waals surface area contributed by atoms with Gasteiger partial charge in [0.05, 0.1) is 11.8 Å². The second-order valence-electron chi connectivity index (χ2n) is 11.6. The van der Waals surface area contributed by atoms with Gasteiger partial charge in [-0.05, 0) is 70.3 Å². The largest absolute Gasteiger partial charge is 0.386 e. The van der Waals surface area contributed by atoms with Crippen LogP contribution in [0.1, 0.15) is 84.0 Å². The van der Waals surface area contributed by atoms with E-state index in [-0.39, 0.29) is 17.4 Å². The minimum absolute atomic E-state index is 0.0581. The fourth-order valence-corrected chi connectivity index (χ4v) is 5.63. The number of imidazole rings is 1. The van der Waals surface area contributed by atoms with Gasteiger partial charge in [0.15, 0.2) is 17.3 Å². The summed E-state index contributed by atoms with van der Waals surface area (Å²) in [6.07, 6.45) is 9.33. The van der Waals surface area contributed by atoms with Crippen LogP contribution in [0.4, 0.5) is 10.2 Å². The van der Waals surface area contributed by atoms with Crippen LogP contribution in [-0.4, -0.2) is 35.7 Å². The Morgan fingerprint density at radius 2 is 1.92 bits per heavy atom. The van der Waals surface area contributed by atoms with Crippen molar-refractivity contribution in [3.8, 4) is 17.6 Å². The summed E-state index contributed by atoms with van der Waals surface area (Å²) in [5, 5.41) is 23.8. The fraction of sp³-hybridized carbons (Fsp3) is 0.607. The number of hydrogen-bond donors (Lipinski definition) is 2. The zero-order chi connectivity index (χ0) is 26.3. The predicted molar refractivity (Wildman–Crippen MR) is 140 cm³/mol. The summed E-state index contributed by atoms with van der Waals surface area (Å²) < 4.78 is 16.7. The Balaban J connectivity index is 1.66. The lowest BCUT2D eigenvalue weighted by atomic mass is 9.80. The highest BCUT2D eigenvalue weighted by Gasteiger charge is 2.29. The van der Waals surface area contributed by atoms with Gasteiger partial charge in [-0.15, -0.1) is 0 Å². The van der Waals surface area contributed by atoms with E-state index in [1.54, 1.807) is 19.9 Å². The van der Waals surface area contributed by atoms with Crippen LogP contribution in [0, 0.1) is 34.9 Å². The molecule has 2 fully saturated rings. The first-order chi connectivity index (χ1) is 17.6. The molecule has 3 aromatic heterocycles. The lowest BCUT2D eigenvalue weighted by Crippen LogP contribution is -2.31. The van der Waals surface area contributed by atoms with E-state index in [1.165, 1.54) is 32.1 Å². The summed E-state index contributed by atoms with van der Waals surface area (Å²) in [5.74, 6) is 2.39. The maximum Gasteiger partial charge on any atom is 0.236 e. The van der Waals surface area contributed by atoms with Crippen molar-refractivity contribution in [1.29, 1.82) is 5.26 Å². The Morgan fingerprint density at radius 1 is 1.19 bits per heavy atom. The van der Waals surface area contributed by atoms with Crippen molar-refractivity contribution < 1.29 is 9.50 Å². The van der Waals surface area contributed by atoms with Crippen molar-refractivity contribution in [2.24, 2.45) is 17.8 Å². The average Bonchev–Trinajstić information content (AvgIpc) is 3.17. The number of anilines is 1. The first kappa shape index (κ1) is 25.5. The van der Waals surface area contributed by atoms with E-state index in [9.17, 15) is 14.8 Å². The number of halogens is 1. The number of nitriles is 1. The number of fused-ring (bicyclic) bond motifs is 1. The van der Waals surface area contributed by atoms with Crippen molar-refractivity contribution in [1.82, 2.24) is 24.5 Å². The second kappa shape index (κ2) is 9.97. The normalized spacial score (nSPS) is 21.4. The van der Waals surface area contributed by atoms with Gasteiger partial charge >= 0.3 is 0 Å². The molecule has 5 rings (SSSR count). The van der Waals surface area contributed by atoms with Crippen molar-refractivity contribution >= 4 is 17.0 Å². The molecule has 37 heavy (non-hydrogen) atoms. The van der Waals surface area contributed by atoms with Gasteiger partial charge in [-0.3, -0.25) is 0 Å². The molecule has 0 radical (unpaired) electrons. The van der Waals surface area contributed by atoms with Gasteiger partial charge in [-0.1, -0.05) is 26.2 Å². The summed E-state index contributed by atoms with van der Waals surface area (Å²) in [5.41, 5.74) is 0.400. The second-order valence-corrected chi connectivity index (χ2v) is 11.6. The van der Waals surface area contributed by atoms with Crippen molar-refractivity contribution in [2.75, 3.05) is 5.32 Å². The highest BCUT2D eigenvalue weighted by atomic mass is 19.1. The molecule has 0 aliphatic heterocycles. The van der Waals surface area contributed by atoms with E-state index in [0.717, 1.165) is 30.5 Å². The highest BCUT2D eigenvalue weighted by Crippen LogP contribution is 2.36. The van der Waals surface area contributed by atoms with Crippen LogP contribution in [0.25, 0.3) is 22.7 Å². The molecule has 0 spiro atoms. The van der Waals surface area contributed by atoms with Crippen LogP contribution in [0.15, 0.2) is 12.3 Å². The lowest BCUT2D eigenvalue weighted by molar-refractivity contribution is 0.0744.